The zero-order valence-corrected chi connectivity index (χ0v) is 15.5. The van der Waals surface area contributed by atoms with Crippen LogP contribution in [-0.4, -0.2) is 16.1 Å². The minimum Gasteiger partial charge on any atom is -0.308 e. The maximum absolute atomic E-state index is 13.2. The summed E-state index contributed by atoms with van der Waals surface area (Å²) < 4.78 is 1.71. The summed E-state index contributed by atoms with van der Waals surface area (Å²) in [5.74, 6) is 0.711. The lowest BCUT2D eigenvalue weighted by Gasteiger charge is -2.20. The highest BCUT2D eigenvalue weighted by molar-refractivity contribution is 6.30. The number of rotatable bonds is 5. The number of aryl methyl sites for hydroxylation is 1. The van der Waals surface area contributed by atoms with E-state index in [-0.39, 0.29) is 11.6 Å². The molecule has 0 saturated carbocycles. The van der Waals surface area contributed by atoms with Crippen LogP contribution in [0.3, 0.4) is 0 Å². The van der Waals surface area contributed by atoms with Crippen molar-refractivity contribution in [2.75, 3.05) is 6.54 Å². The molecule has 130 valence electrons. The van der Waals surface area contributed by atoms with Crippen molar-refractivity contribution in [2.45, 2.75) is 33.2 Å². The van der Waals surface area contributed by atoms with E-state index in [4.69, 9.17) is 16.6 Å². The lowest BCUT2D eigenvalue weighted by Crippen LogP contribution is -2.30. The Labute approximate surface area is 152 Å². The van der Waals surface area contributed by atoms with Crippen molar-refractivity contribution < 1.29 is 0 Å². The lowest BCUT2D eigenvalue weighted by molar-refractivity contribution is 0.531. The Bertz CT molecular complexity index is 965. The second-order valence-electron chi connectivity index (χ2n) is 6.23. The van der Waals surface area contributed by atoms with E-state index in [1.54, 1.807) is 10.6 Å². The highest BCUT2D eigenvalue weighted by Gasteiger charge is 2.18. The Morgan fingerprint density at radius 2 is 2.00 bits per heavy atom. The molecule has 1 N–H and O–H groups in total. The minimum absolute atomic E-state index is 0.0488. The molecule has 0 amide bonds. The zero-order chi connectivity index (χ0) is 18.0. The number of hydrogen-bond acceptors (Lipinski definition) is 3. The molecule has 0 radical (unpaired) electrons. The fourth-order valence-electron chi connectivity index (χ4n) is 3.00. The van der Waals surface area contributed by atoms with Gasteiger partial charge in [-0.3, -0.25) is 9.36 Å². The van der Waals surface area contributed by atoms with Gasteiger partial charge in [0.2, 0.25) is 0 Å². The number of fused-ring (bicyclic) bond motifs is 1. The Kier molecular flexibility index (Phi) is 5.21. The maximum Gasteiger partial charge on any atom is 0.266 e. The maximum atomic E-state index is 13.2. The first kappa shape index (κ1) is 17.6. The number of halogens is 1. The van der Waals surface area contributed by atoms with E-state index in [0.717, 1.165) is 29.7 Å². The normalized spacial score (nSPS) is 12.5. The highest BCUT2D eigenvalue weighted by atomic mass is 35.5. The quantitative estimate of drug-likeness (QED) is 0.737. The highest BCUT2D eigenvalue weighted by Crippen LogP contribution is 2.22. The first-order valence-corrected chi connectivity index (χ1v) is 8.92. The molecule has 2 aromatic carbocycles. The molecule has 5 heteroatoms. The van der Waals surface area contributed by atoms with E-state index >= 15 is 0 Å². The Morgan fingerprint density at radius 3 is 2.72 bits per heavy atom. The Morgan fingerprint density at radius 1 is 1.24 bits per heavy atom. The number of para-hydroxylation sites is 1. The Hall–Kier alpha value is -2.17. The van der Waals surface area contributed by atoms with Crippen LogP contribution in [0.4, 0.5) is 0 Å². The summed E-state index contributed by atoms with van der Waals surface area (Å²) in [6, 6.07) is 13.0. The SMILES string of the molecule is CCCNC(C)c1nc2ccccc2c(=O)n1-c1ccc(Cl)cc1C. The predicted octanol–water partition coefficient (Wildman–Crippen LogP) is 4.41. The molecule has 1 aromatic heterocycles. The summed E-state index contributed by atoms with van der Waals surface area (Å²) in [7, 11) is 0. The molecule has 1 unspecified atom stereocenters. The molecule has 1 atom stereocenters. The van der Waals surface area contributed by atoms with Crippen LogP contribution in [0, 0.1) is 6.92 Å². The van der Waals surface area contributed by atoms with Gasteiger partial charge < -0.3 is 5.32 Å². The van der Waals surface area contributed by atoms with E-state index in [9.17, 15) is 4.79 Å². The van der Waals surface area contributed by atoms with E-state index in [2.05, 4.69) is 12.2 Å². The van der Waals surface area contributed by atoms with Crippen LogP contribution < -0.4 is 10.9 Å². The van der Waals surface area contributed by atoms with Crippen LogP contribution in [0.2, 0.25) is 5.02 Å². The van der Waals surface area contributed by atoms with E-state index < -0.39 is 0 Å². The molecule has 0 aliphatic heterocycles. The van der Waals surface area contributed by atoms with Gasteiger partial charge in [0.15, 0.2) is 0 Å². The van der Waals surface area contributed by atoms with Crippen molar-refractivity contribution in [1.29, 1.82) is 0 Å². The number of nitrogens with one attached hydrogen (secondary N) is 1. The van der Waals surface area contributed by atoms with Gasteiger partial charge in [-0.1, -0.05) is 30.7 Å². The molecule has 25 heavy (non-hydrogen) atoms. The second-order valence-corrected chi connectivity index (χ2v) is 6.67. The summed E-state index contributed by atoms with van der Waals surface area (Å²) in [6.07, 6.45) is 1.02. The summed E-state index contributed by atoms with van der Waals surface area (Å²) in [4.78, 5) is 18.0. The van der Waals surface area contributed by atoms with Crippen molar-refractivity contribution >= 4 is 22.5 Å². The van der Waals surface area contributed by atoms with E-state index in [1.807, 2.05) is 50.2 Å². The fourth-order valence-corrected chi connectivity index (χ4v) is 3.22. The van der Waals surface area contributed by atoms with E-state index in [0.29, 0.717) is 16.2 Å². The number of hydrogen-bond donors (Lipinski definition) is 1. The third-order valence-corrected chi connectivity index (χ3v) is 4.52. The molecule has 0 bridgehead atoms. The van der Waals surface area contributed by atoms with E-state index in [1.165, 1.54) is 0 Å². The molecule has 0 aliphatic carbocycles. The van der Waals surface area contributed by atoms with Crippen LogP contribution in [0.25, 0.3) is 16.6 Å². The van der Waals surface area contributed by atoms with Gasteiger partial charge in [-0.15, -0.1) is 0 Å². The Balaban J connectivity index is 2.30. The largest absolute Gasteiger partial charge is 0.308 e. The molecule has 3 aromatic rings. The molecule has 0 fully saturated rings. The van der Waals surface area contributed by atoms with Crippen molar-refractivity contribution in [3.8, 4) is 5.69 Å². The summed E-state index contributed by atoms with van der Waals surface area (Å²) in [5.41, 5.74) is 2.41. The fraction of sp³-hybridized carbons (Fsp3) is 0.300. The summed E-state index contributed by atoms with van der Waals surface area (Å²) >= 11 is 6.09. The van der Waals surface area contributed by atoms with Gasteiger partial charge in [0.05, 0.1) is 22.6 Å². The first-order chi connectivity index (χ1) is 12.0. The molecule has 0 spiro atoms. The molecule has 1 heterocycles. The zero-order valence-electron chi connectivity index (χ0n) is 14.7. The molecule has 3 rings (SSSR count). The molecule has 0 saturated heterocycles. The van der Waals surface area contributed by atoms with Crippen molar-refractivity contribution in [1.82, 2.24) is 14.9 Å². The average Bonchev–Trinajstić information content (AvgIpc) is 2.60. The average molecular weight is 356 g/mol. The van der Waals surface area contributed by atoms with Gasteiger partial charge in [-0.2, -0.15) is 0 Å². The van der Waals surface area contributed by atoms with Gasteiger partial charge in [0.25, 0.3) is 5.56 Å². The second kappa shape index (κ2) is 7.38. The molecular weight excluding hydrogens is 334 g/mol. The number of benzene rings is 2. The monoisotopic (exact) mass is 355 g/mol. The van der Waals surface area contributed by atoms with Gasteiger partial charge in [0.1, 0.15) is 5.82 Å². The minimum atomic E-state index is -0.0591. The molecular formula is C20H22ClN3O. The van der Waals surface area contributed by atoms with Crippen molar-refractivity contribution in [3.63, 3.8) is 0 Å². The van der Waals surface area contributed by atoms with Crippen LogP contribution in [-0.2, 0) is 0 Å². The van der Waals surface area contributed by atoms with Crippen molar-refractivity contribution in [3.05, 3.63) is 69.2 Å². The molecule has 4 nitrogen and oxygen atoms in total. The van der Waals surface area contributed by atoms with Crippen LogP contribution in [0.15, 0.2) is 47.3 Å². The smallest absolute Gasteiger partial charge is 0.266 e. The lowest BCUT2D eigenvalue weighted by atomic mass is 10.1. The van der Waals surface area contributed by atoms with Crippen molar-refractivity contribution in [2.24, 2.45) is 0 Å². The van der Waals surface area contributed by atoms with Crippen LogP contribution in [0.5, 0.6) is 0 Å². The number of nitrogens with zero attached hydrogens (tertiary/aromatic N) is 2. The summed E-state index contributed by atoms with van der Waals surface area (Å²) in [6.45, 7) is 6.97. The van der Waals surface area contributed by atoms with Gasteiger partial charge in [-0.05, 0) is 62.7 Å². The van der Waals surface area contributed by atoms with Crippen LogP contribution in [0.1, 0.15) is 37.7 Å². The summed E-state index contributed by atoms with van der Waals surface area (Å²) in [5, 5.41) is 4.70. The third kappa shape index (κ3) is 3.46. The van der Waals surface area contributed by atoms with Gasteiger partial charge in [-0.25, -0.2) is 4.98 Å². The standard InChI is InChI=1S/C20H22ClN3O/c1-4-11-22-14(3)19-23-17-8-6-5-7-16(17)20(25)24(19)18-10-9-15(21)12-13(18)2/h5-10,12,14,22H,4,11H2,1-3H3. The van der Waals surface area contributed by atoms with Gasteiger partial charge >= 0.3 is 0 Å². The number of aromatic nitrogens is 2. The molecule has 0 aliphatic rings. The third-order valence-electron chi connectivity index (χ3n) is 4.29. The van der Waals surface area contributed by atoms with Gasteiger partial charge in [0, 0.05) is 5.02 Å². The van der Waals surface area contributed by atoms with Crippen LogP contribution >= 0.6 is 11.6 Å². The predicted molar refractivity (Wildman–Crippen MR) is 104 cm³/mol. The topological polar surface area (TPSA) is 46.9 Å². The first-order valence-electron chi connectivity index (χ1n) is 8.54.